The van der Waals surface area contributed by atoms with Crippen molar-refractivity contribution >= 4 is 187 Å². The van der Waals surface area contributed by atoms with Crippen LogP contribution in [0.15, 0.2) is 273 Å². The highest BCUT2D eigenvalue weighted by Crippen LogP contribution is 2.52. The van der Waals surface area contributed by atoms with Crippen molar-refractivity contribution in [3.8, 4) is 121 Å². The Morgan fingerprint density at radius 2 is 0.376 bits per heavy atom. The molecular weight excluding hydrogens is 1810 g/mol. The second kappa shape index (κ2) is 38.7. The second-order valence-corrected chi connectivity index (χ2v) is 44.5. The van der Waals surface area contributed by atoms with Crippen LogP contribution in [0, 0.1) is 0 Å². The first-order valence-corrected chi connectivity index (χ1v) is 54.0. The average molecular weight is 1910 g/mol. The monoisotopic (exact) mass is 1900 g/mol. The van der Waals surface area contributed by atoms with E-state index in [0.29, 0.717) is 53.0 Å². The molecule has 3 aliphatic rings. The van der Waals surface area contributed by atoms with Crippen LogP contribution in [0.5, 0.6) is 0 Å². The van der Waals surface area contributed by atoms with Gasteiger partial charge in [-0.2, -0.15) is 0 Å². The average Bonchev–Trinajstić information content (AvgIpc) is 1.71. The molecule has 12 heterocycles. The zero-order chi connectivity index (χ0) is 90.3. The van der Waals surface area contributed by atoms with Gasteiger partial charge in [-0.25, -0.2) is 0 Å². The number of amides is 6. The molecule has 6 amide bonds. The third kappa shape index (κ3) is 17.3. The van der Waals surface area contributed by atoms with E-state index in [1.54, 1.807) is 102 Å². The lowest BCUT2D eigenvalue weighted by molar-refractivity contribution is 0.0592. The molecule has 0 bridgehead atoms. The highest BCUT2D eigenvalue weighted by atomic mass is 32.1. The van der Waals surface area contributed by atoms with Crippen LogP contribution in [0.3, 0.4) is 0 Å². The van der Waals surface area contributed by atoms with Gasteiger partial charge in [0.15, 0.2) is 0 Å². The summed E-state index contributed by atoms with van der Waals surface area (Å²) in [7, 11) is 0. The SMILES string of the molecule is CCCCCCCCN1C(=O)c2cccc3c(-c4ccc(-c5ccc(-c6ccc(-c7ccc(N(c8ccc(-c9ccc(-c%10ccc(-c%11ccc(-c%12ccc%13c%14c(cccc%12%14)C(=O)N(CCCCCCCC)C%13=O)s%11)s%10)s9)cc8)c8ccc(-c9ccc(-c%10ccc(-c%11ccc(-c%12ccc%13c%14c(cccc%12%14)C(=O)N(CCCCCCCC)C%13=O)s%11)s%10)s9)cc8)cc7)s6)s5)s4)ccc(c23)C1=O. The molecular formula is C114H96N4O6S9. The first kappa shape index (κ1) is 87.9. The Labute approximate surface area is 811 Å². The molecule has 3 aliphatic heterocycles. The van der Waals surface area contributed by atoms with E-state index in [2.05, 4.69) is 244 Å². The van der Waals surface area contributed by atoms with Gasteiger partial charge in [0.05, 0.1) is 0 Å². The second-order valence-electron chi connectivity index (χ2n) is 34.7. The van der Waals surface area contributed by atoms with Crippen molar-refractivity contribution < 1.29 is 28.8 Å². The predicted octanol–water partition coefficient (Wildman–Crippen LogP) is 35.0. The summed E-state index contributed by atoms with van der Waals surface area (Å²) >= 11 is 16.0. The van der Waals surface area contributed by atoms with Crippen LogP contribution in [0.25, 0.3) is 153 Å². The number of imide groups is 3. The molecule has 0 atom stereocenters. The number of hydrogen-bond donors (Lipinski definition) is 0. The van der Waals surface area contributed by atoms with Crippen molar-refractivity contribution in [3.63, 3.8) is 0 Å². The minimum Gasteiger partial charge on any atom is -0.311 e. The summed E-state index contributed by atoms with van der Waals surface area (Å²) in [5.74, 6) is -1.17. The third-order valence-corrected chi connectivity index (χ3v) is 37.3. The topological polar surface area (TPSA) is 115 Å². The lowest BCUT2D eigenvalue weighted by atomic mass is 9.90. The highest BCUT2D eigenvalue weighted by molar-refractivity contribution is 7.29. The van der Waals surface area contributed by atoms with Gasteiger partial charge in [-0.05, 0) is 251 Å². The largest absolute Gasteiger partial charge is 0.311 e. The van der Waals surface area contributed by atoms with Gasteiger partial charge in [0, 0.05) is 174 Å². The van der Waals surface area contributed by atoms with E-state index in [0.717, 1.165) is 155 Å². The number of anilines is 3. The van der Waals surface area contributed by atoms with Gasteiger partial charge in [-0.3, -0.25) is 43.5 Å². The van der Waals surface area contributed by atoms with Gasteiger partial charge in [0.1, 0.15) is 0 Å². The first-order chi connectivity index (χ1) is 65.3. The summed E-state index contributed by atoms with van der Waals surface area (Å²) < 4.78 is 0. The lowest BCUT2D eigenvalue weighted by Crippen LogP contribution is -2.40. The van der Waals surface area contributed by atoms with Crippen molar-refractivity contribution in [3.05, 3.63) is 306 Å². The maximum Gasteiger partial charge on any atom is 0.261 e. The molecule has 662 valence electrons. The maximum atomic E-state index is 14.0. The van der Waals surface area contributed by atoms with Crippen LogP contribution in [0.1, 0.15) is 198 Å². The molecule has 0 aliphatic carbocycles. The summed E-state index contributed by atoms with van der Waals surface area (Å²) in [6, 6.07) is 96.5. The molecule has 18 aromatic rings. The summed E-state index contributed by atoms with van der Waals surface area (Å²) in [5, 5.41) is 5.07. The van der Waals surface area contributed by atoms with E-state index in [4.69, 9.17) is 0 Å². The fraction of sp³-hybridized carbons (Fsp3) is 0.211. The van der Waals surface area contributed by atoms with Crippen LogP contribution in [0.2, 0.25) is 0 Å². The number of thiophene rings is 9. The normalized spacial score (nSPS) is 13.2. The lowest BCUT2D eigenvalue weighted by Gasteiger charge is -2.27. The highest BCUT2D eigenvalue weighted by Gasteiger charge is 2.37. The van der Waals surface area contributed by atoms with E-state index in [9.17, 15) is 28.8 Å². The Balaban J connectivity index is 0.522. The van der Waals surface area contributed by atoms with Crippen molar-refractivity contribution in [2.45, 2.75) is 136 Å². The van der Waals surface area contributed by atoms with Crippen molar-refractivity contribution in [1.29, 1.82) is 0 Å². The van der Waals surface area contributed by atoms with Crippen LogP contribution in [-0.4, -0.2) is 69.8 Å². The molecule has 19 heteroatoms. The standard InChI is InChI=1S/C114H96N4O6S9/c1-4-7-10-13-16-19-67-115-109(119)82-28-22-25-79-76(43-46-85(106(79)82)112(115)122)91-52-58-97(128-91)103-64-61-100(131-103)94-55-49-88(125-94)70-31-37-73(38-32-70)118(74-39-33-71(34-40-74)89-50-56-95(126-89)101-62-65-104(132-101)98-59-53-92(129-98)77-44-47-86-107-80(77)26-23-29-83(107)110(120)116(113(86)123)68-20-17-14-11-8-5-2)75-41-35-72(36-42-75)90-51-57-96(127-90)102-63-66-105(133-102)99-60-54-93(130-99)78-45-48-87-108-81(78)27-24-30-84(108)111(121)117(114(87)124)69-21-18-15-12-9-6-3/h22-66H,4-21,67-69H2,1-3H3. The van der Waals surface area contributed by atoms with E-state index in [1.807, 2.05) is 54.6 Å². The summed E-state index contributed by atoms with van der Waals surface area (Å²) in [4.78, 5) is 112. The zero-order valence-corrected chi connectivity index (χ0v) is 81.6. The number of nitrogens with zero attached hydrogens (tertiary/aromatic N) is 4. The Morgan fingerprint density at radius 1 is 0.188 bits per heavy atom. The number of unbranched alkanes of at least 4 members (excludes halogenated alkanes) is 15. The van der Waals surface area contributed by atoms with Gasteiger partial charge < -0.3 is 4.90 Å². The molecule has 0 saturated heterocycles. The summed E-state index contributed by atoms with van der Waals surface area (Å²) in [5.41, 5.74) is 13.2. The smallest absolute Gasteiger partial charge is 0.261 e. The van der Waals surface area contributed by atoms with Gasteiger partial charge in [0.2, 0.25) is 0 Å². The van der Waals surface area contributed by atoms with Gasteiger partial charge >= 0.3 is 0 Å². The van der Waals surface area contributed by atoms with E-state index in [1.165, 1.54) is 146 Å². The molecule has 0 saturated carbocycles. The van der Waals surface area contributed by atoms with E-state index in [-0.39, 0.29) is 35.4 Å². The number of carbonyl (C=O) groups is 6. The Morgan fingerprint density at radius 3 is 0.617 bits per heavy atom. The molecule has 9 aromatic heterocycles. The van der Waals surface area contributed by atoms with Crippen molar-refractivity contribution in [1.82, 2.24) is 14.7 Å². The minimum atomic E-state index is -0.195. The predicted molar refractivity (Wildman–Crippen MR) is 566 cm³/mol. The molecule has 0 N–H and O–H groups in total. The van der Waals surface area contributed by atoms with Crippen molar-refractivity contribution in [2.75, 3.05) is 24.5 Å². The van der Waals surface area contributed by atoms with Crippen LogP contribution in [0.4, 0.5) is 17.1 Å². The van der Waals surface area contributed by atoms with Crippen LogP contribution in [-0.2, 0) is 0 Å². The quantitative estimate of drug-likeness (QED) is 0.0284. The Kier molecular flexibility index (Phi) is 25.6. The number of benzene rings is 9. The number of hydrogen-bond acceptors (Lipinski definition) is 16. The Hall–Kier alpha value is -11.7. The van der Waals surface area contributed by atoms with Crippen LogP contribution < -0.4 is 4.90 Å². The zero-order valence-electron chi connectivity index (χ0n) is 74.2. The molecule has 0 radical (unpaired) electrons. The molecule has 9 aromatic carbocycles. The van der Waals surface area contributed by atoms with E-state index < -0.39 is 0 Å². The Bertz CT molecular complexity index is 6720. The fourth-order valence-corrected chi connectivity index (χ4v) is 28.9. The molecule has 10 nitrogen and oxygen atoms in total. The van der Waals surface area contributed by atoms with E-state index >= 15 is 0 Å². The van der Waals surface area contributed by atoms with Gasteiger partial charge in [-0.1, -0.05) is 208 Å². The summed E-state index contributed by atoms with van der Waals surface area (Å²) in [6.45, 7) is 7.96. The maximum absolute atomic E-state index is 14.0. The van der Waals surface area contributed by atoms with Gasteiger partial charge in [0.25, 0.3) is 35.4 Å². The molecule has 0 unspecified atom stereocenters. The molecule has 21 rings (SSSR count). The molecule has 133 heavy (non-hydrogen) atoms. The fourth-order valence-electron chi connectivity index (χ4n) is 19.1. The van der Waals surface area contributed by atoms with Crippen LogP contribution >= 0.6 is 102 Å². The molecule has 0 fully saturated rings. The number of rotatable bonds is 36. The first-order valence-electron chi connectivity index (χ1n) is 46.6. The minimum absolute atomic E-state index is 0.195. The van der Waals surface area contributed by atoms with Gasteiger partial charge in [-0.15, -0.1) is 102 Å². The number of carbonyl (C=O) groups excluding carboxylic acids is 6. The summed E-state index contributed by atoms with van der Waals surface area (Å²) in [6.07, 6.45) is 19.5. The molecule has 0 spiro atoms. The van der Waals surface area contributed by atoms with Crippen molar-refractivity contribution in [2.24, 2.45) is 0 Å². The third-order valence-electron chi connectivity index (χ3n) is 26.1.